The van der Waals surface area contributed by atoms with Crippen LogP contribution >= 0.6 is 7.92 Å². The molecule has 2 aromatic carbocycles. The van der Waals surface area contributed by atoms with Crippen LogP contribution in [0.1, 0.15) is 11.1 Å². The molecule has 6 heteroatoms. The summed E-state index contributed by atoms with van der Waals surface area (Å²) in [5, 5.41) is 1.50. The van der Waals surface area contributed by atoms with Gasteiger partial charge in [-0.25, -0.2) is 0 Å². The first kappa shape index (κ1) is 31.8. The SMILES string of the molecule is CP(C)C(=C(c1ccccc1)C1C=CC=C1)c1ccccc1.[Cl-].[Cl-].[Cl-].[Cl-].[Zr+4]. The van der Waals surface area contributed by atoms with E-state index in [-0.39, 0.29) is 83.8 Å². The van der Waals surface area contributed by atoms with Gasteiger partial charge >= 0.3 is 26.2 Å². The van der Waals surface area contributed by atoms with Gasteiger partial charge < -0.3 is 49.6 Å². The first-order valence-corrected chi connectivity index (χ1v) is 9.88. The molecule has 2 aromatic rings. The molecule has 0 radical (unpaired) electrons. The Bertz CT molecular complexity index is 716. The van der Waals surface area contributed by atoms with Gasteiger partial charge in [-0.2, -0.15) is 0 Å². The van der Waals surface area contributed by atoms with E-state index in [1.165, 1.54) is 22.0 Å². The van der Waals surface area contributed by atoms with Crippen molar-refractivity contribution in [3.05, 3.63) is 96.1 Å². The maximum Gasteiger partial charge on any atom is 4.00 e. The van der Waals surface area contributed by atoms with Gasteiger partial charge in [-0.05, 0) is 35.3 Å². The first-order valence-electron chi connectivity index (χ1n) is 7.64. The van der Waals surface area contributed by atoms with E-state index in [1.54, 1.807) is 0 Å². The van der Waals surface area contributed by atoms with E-state index >= 15 is 0 Å². The Hall–Kier alpha value is 0.133. The van der Waals surface area contributed by atoms with E-state index in [9.17, 15) is 0 Å². The van der Waals surface area contributed by atoms with Crippen LogP contribution in [0.5, 0.6) is 0 Å². The van der Waals surface area contributed by atoms with E-state index in [2.05, 4.69) is 98.3 Å². The minimum Gasteiger partial charge on any atom is -1.00 e. The second-order valence-electron chi connectivity index (χ2n) is 5.68. The number of hydrogen-bond acceptors (Lipinski definition) is 0. The third-order valence-corrected chi connectivity index (χ3v) is 5.31. The van der Waals surface area contributed by atoms with Crippen molar-refractivity contribution in [2.75, 3.05) is 13.3 Å². The van der Waals surface area contributed by atoms with Crippen molar-refractivity contribution in [3.8, 4) is 0 Å². The maximum absolute atomic E-state index is 2.35. The summed E-state index contributed by atoms with van der Waals surface area (Å²) >= 11 is 0. The Kier molecular flexibility index (Phi) is 18.8. The zero-order valence-electron chi connectivity index (χ0n) is 15.1. The Morgan fingerprint density at radius 2 is 1.07 bits per heavy atom. The van der Waals surface area contributed by atoms with Crippen LogP contribution in [0.2, 0.25) is 0 Å². The second-order valence-corrected chi connectivity index (χ2v) is 7.92. The molecule has 0 fully saturated rings. The van der Waals surface area contributed by atoms with E-state index in [4.69, 9.17) is 0 Å². The number of benzene rings is 2. The standard InChI is InChI=1S/C21H21P.4ClH.Zr/c1-22(2)21(19-15-7-4-8-16-19)20(18-13-9-10-14-18)17-11-5-3-6-12-17;;;;;/h3-16,18H,1-2H3;4*1H;/q;;;;;+4/p-4. The van der Waals surface area contributed by atoms with Gasteiger partial charge in [0.05, 0.1) is 0 Å². The molecule has 142 valence electrons. The van der Waals surface area contributed by atoms with E-state index < -0.39 is 0 Å². The molecular weight excluding hydrogens is 516 g/mol. The third-order valence-electron chi connectivity index (χ3n) is 3.92. The quantitative estimate of drug-likeness (QED) is 0.270. The minimum absolute atomic E-state index is 0. The first-order chi connectivity index (χ1) is 10.8. The zero-order valence-corrected chi connectivity index (χ0v) is 21.5. The molecule has 0 bridgehead atoms. The average molecular weight is 537 g/mol. The van der Waals surface area contributed by atoms with Crippen LogP contribution in [0.3, 0.4) is 0 Å². The van der Waals surface area contributed by atoms with Crippen LogP contribution < -0.4 is 49.6 Å². The molecule has 0 amide bonds. The molecule has 0 atom stereocenters. The molecule has 0 saturated carbocycles. The molecule has 0 spiro atoms. The molecule has 3 rings (SSSR count). The molecule has 0 unspecified atom stereocenters. The summed E-state index contributed by atoms with van der Waals surface area (Å²) in [4.78, 5) is 0. The van der Waals surface area contributed by atoms with Gasteiger partial charge in [0.2, 0.25) is 0 Å². The Morgan fingerprint density at radius 3 is 1.48 bits per heavy atom. The fourth-order valence-electron chi connectivity index (χ4n) is 2.98. The van der Waals surface area contributed by atoms with Crippen molar-refractivity contribution in [1.29, 1.82) is 0 Å². The normalized spacial score (nSPS) is 12.6. The van der Waals surface area contributed by atoms with Gasteiger partial charge in [0.15, 0.2) is 0 Å². The average Bonchev–Trinajstić information content (AvgIpc) is 3.07. The number of hydrogen-bond donors (Lipinski definition) is 0. The van der Waals surface area contributed by atoms with Crippen LogP contribution in [0.4, 0.5) is 0 Å². The van der Waals surface area contributed by atoms with Crippen molar-refractivity contribution >= 4 is 18.8 Å². The summed E-state index contributed by atoms with van der Waals surface area (Å²) in [6.45, 7) is 4.70. The number of halogens is 4. The second kappa shape index (κ2) is 16.0. The molecule has 1 aliphatic rings. The number of rotatable bonds is 4. The monoisotopic (exact) mass is 534 g/mol. The number of allylic oxidation sites excluding steroid dienone is 5. The fourth-order valence-corrected chi connectivity index (χ4v) is 4.41. The van der Waals surface area contributed by atoms with Gasteiger partial charge in [-0.3, -0.25) is 0 Å². The molecule has 0 heterocycles. The molecule has 0 N–H and O–H groups in total. The predicted molar refractivity (Wildman–Crippen MR) is 100 cm³/mol. The van der Waals surface area contributed by atoms with Crippen LogP contribution in [0, 0.1) is 5.92 Å². The summed E-state index contributed by atoms with van der Waals surface area (Å²) < 4.78 is 0. The van der Waals surface area contributed by atoms with Crippen molar-refractivity contribution in [1.82, 2.24) is 0 Å². The molecule has 0 aromatic heterocycles. The summed E-state index contributed by atoms with van der Waals surface area (Å²) in [5.74, 6) is 0.377. The van der Waals surface area contributed by atoms with Crippen LogP contribution in [0.25, 0.3) is 10.9 Å². The fraction of sp³-hybridized carbons (Fsp3) is 0.143. The molecular formula is C21H21Cl4PZr. The van der Waals surface area contributed by atoms with Crippen LogP contribution in [0.15, 0.2) is 85.0 Å². The molecule has 1 aliphatic carbocycles. The third kappa shape index (κ3) is 8.18. The molecule has 0 aliphatic heterocycles. The summed E-state index contributed by atoms with van der Waals surface area (Å²) in [6, 6.07) is 21.7. The summed E-state index contributed by atoms with van der Waals surface area (Å²) in [6.07, 6.45) is 8.90. The van der Waals surface area contributed by atoms with Gasteiger partial charge in [-0.1, -0.05) is 92.9 Å². The molecule has 27 heavy (non-hydrogen) atoms. The van der Waals surface area contributed by atoms with Crippen LogP contribution in [-0.4, -0.2) is 13.3 Å². The molecule has 0 saturated heterocycles. The van der Waals surface area contributed by atoms with Gasteiger partial charge in [-0.15, -0.1) is 0 Å². The van der Waals surface area contributed by atoms with Crippen molar-refractivity contribution in [2.45, 2.75) is 0 Å². The van der Waals surface area contributed by atoms with E-state index in [0.717, 1.165) is 0 Å². The van der Waals surface area contributed by atoms with Gasteiger partial charge in [0.1, 0.15) is 0 Å². The Labute approximate surface area is 208 Å². The van der Waals surface area contributed by atoms with Crippen LogP contribution in [-0.2, 0) is 26.2 Å². The smallest absolute Gasteiger partial charge is 1.00 e. The summed E-state index contributed by atoms with van der Waals surface area (Å²) in [5.41, 5.74) is 4.14. The maximum atomic E-state index is 2.35. The zero-order chi connectivity index (χ0) is 15.4. The van der Waals surface area contributed by atoms with E-state index in [0.29, 0.717) is 5.92 Å². The predicted octanol–water partition coefficient (Wildman–Crippen LogP) is -5.95. The van der Waals surface area contributed by atoms with Crippen molar-refractivity contribution < 1.29 is 75.8 Å². The Balaban J connectivity index is -0.00000115. The van der Waals surface area contributed by atoms with Crippen molar-refractivity contribution in [3.63, 3.8) is 0 Å². The largest absolute Gasteiger partial charge is 4.00 e. The van der Waals surface area contributed by atoms with Crippen molar-refractivity contribution in [2.24, 2.45) is 5.92 Å². The van der Waals surface area contributed by atoms with Gasteiger partial charge in [0.25, 0.3) is 0 Å². The minimum atomic E-state index is -0.207. The van der Waals surface area contributed by atoms with Gasteiger partial charge in [0, 0.05) is 5.92 Å². The topological polar surface area (TPSA) is 0 Å². The molecule has 0 nitrogen and oxygen atoms in total. The van der Waals surface area contributed by atoms with E-state index in [1.807, 2.05) is 0 Å². The Morgan fingerprint density at radius 1 is 0.667 bits per heavy atom. The summed E-state index contributed by atoms with van der Waals surface area (Å²) in [7, 11) is -0.207.